The first-order chi connectivity index (χ1) is 23.8. The Labute approximate surface area is 296 Å². The number of allylic oxidation sites excluding steroid dienone is 4. The average molecular weight is 710 g/mol. The van der Waals surface area contributed by atoms with Crippen LogP contribution >= 0.6 is 0 Å². The molecule has 0 spiro atoms. The highest BCUT2D eigenvalue weighted by atomic mass is 16.7. The van der Waals surface area contributed by atoms with Crippen molar-refractivity contribution >= 4 is 29.2 Å². The second-order valence-corrected chi connectivity index (χ2v) is 13.6. The van der Waals surface area contributed by atoms with E-state index in [0.29, 0.717) is 0 Å². The van der Waals surface area contributed by atoms with Gasteiger partial charge < -0.3 is 45.3 Å². The van der Waals surface area contributed by atoms with Gasteiger partial charge in [-0.2, -0.15) is 0 Å². The zero-order chi connectivity index (χ0) is 38.3. The molecule has 0 fully saturated rings. The lowest BCUT2D eigenvalue weighted by Gasteiger charge is -2.38. The van der Waals surface area contributed by atoms with Crippen LogP contribution in [0.25, 0.3) is 0 Å². The number of benzene rings is 1. The molecule has 3 heterocycles. The van der Waals surface area contributed by atoms with Crippen LogP contribution in [-0.4, -0.2) is 81.8 Å². The van der Waals surface area contributed by atoms with Gasteiger partial charge in [0, 0.05) is 61.3 Å². The van der Waals surface area contributed by atoms with Gasteiger partial charge in [-0.05, 0) is 19.9 Å². The number of carbonyl (C=O) groups is 4. The number of hydrogen-bond donors (Lipinski definition) is 6. The molecule has 14 heteroatoms. The molecule has 5 rings (SSSR count). The predicted octanol–water partition coefficient (Wildman–Crippen LogP) is 3.10. The first-order valence-electron chi connectivity index (χ1n) is 16.6. The summed E-state index contributed by atoms with van der Waals surface area (Å²) in [5.41, 5.74) is 4.18. The number of phenolic OH excluding ortho intramolecular Hbond substituents is 1. The number of nitrogens with one attached hydrogen (secondary N) is 2. The van der Waals surface area contributed by atoms with Crippen LogP contribution in [0.5, 0.6) is 11.5 Å². The Morgan fingerprint density at radius 3 is 2.25 bits per heavy atom. The number of aromatic hydroxyl groups is 1. The average Bonchev–Trinajstić information content (AvgIpc) is 3.35. The molecule has 9 atom stereocenters. The minimum atomic E-state index is -2.02. The van der Waals surface area contributed by atoms with Crippen LogP contribution in [0.2, 0.25) is 0 Å². The molecular formula is C37H47N3O11. The Kier molecular flexibility index (Phi) is 11.3. The van der Waals surface area contributed by atoms with Crippen molar-refractivity contribution in [3.05, 3.63) is 69.8 Å². The van der Waals surface area contributed by atoms with Gasteiger partial charge in [0.1, 0.15) is 23.3 Å². The zero-order valence-electron chi connectivity index (χ0n) is 30.2. The van der Waals surface area contributed by atoms with E-state index in [1.807, 2.05) is 0 Å². The number of ether oxygens (including phenoxy) is 4. The fraction of sp³-hybridized carbons (Fsp3) is 0.486. The lowest BCUT2D eigenvalue weighted by atomic mass is 9.78. The molecule has 0 saturated carbocycles. The topological polar surface area (TPSA) is 228 Å². The highest BCUT2D eigenvalue weighted by Crippen LogP contribution is 2.48. The predicted molar refractivity (Wildman–Crippen MR) is 185 cm³/mol. The van der Waals surface area contributed by atoms with E-state index in [-0.39, 0.29) is 28.0 Å². The highest BCUT2D eigenvalue weighted by molar-refractivity contribution is 6.33. The van der Waals surface area contributed by atoms with Crippen LogP contribution in [0.1, 0.15) is 80.3 Å². The van der Waals surface area contributed by atoms with Crippen LogP contribution in [0, 0.1) is 36.0 Å². The third-order valence-electron chi connectivity index (χ3n) is 10.0. The normalized spacial score (nSPS) is 31.9. The minimum Gasteiger partial charge on any atom is -0.507 e. The van der Waals surface area contributed by atoms with Crippen LogP contribution in [0.15, 0.2) is 47.5 Å². The molecule has 0 radical (unpaired) electrons. The van der Waals surface area contributed by atoms with E-state index in [1.54, 1.807) is 39.8 Å². The van der Waals surface area contributed by atoms with Gasteiger partial charge in [-0.1, -0.05) is 45.9 Å². The smallest absolute Gasteiger partial charge is 0.312 e. The van der Waals surface area contributed by atoms with Crippen LogP contribution in [-0.2, 0) is 23.8 Å². The number of rotatable bonds is 2. The van der Waals surface area contributed by atoms with Crippen LogP contribution in [0.3, 0.4) is 0 Å². The Morgan fingerprint density at radius 1 is 1.00 bits per heavy atom. The van der Waals surface area contributed by atoms with E-state index < -0.39 is 106 Å². The summed E-state index contributed by atoms with van der Waals surface area (Å²) in [7, 11) is 1.42. The van der Waals surface area contributed by atoms with Gasteiger partial charge in [-0.15, -0.1) is 0 Å². The first kappa shape index (κ1) is 39.0. The van der Waals surface area contributed by atoms with E-state index in [1.165, 1.54) is 53.2 Å². The SMILES string of the molecule is CO[C@H]1C=CO[C@@]2(C)Oc3c(C)c(O)c4c(c3C2=O)C(=N)C(N)=C(NC(=O)C(C)=CC=C[C@H](C)[C@H](O)[C@@H](C)[C@@H](O)[C@@H](C)[C@H](OC(C)=O)[C@@H]1C)C4=O. The molecule has 7 N–H and O–H groups in total. The highest BCUT2D eigenvalue weighted by Gasteiger charge is 2.52. The molecule has 0 unspecified atom stereocenters. The van der Waals surface area contributed by atoms with Gasteiger partial charge in [0.25, 0.3) is 11.7 Å². The van der Waals surface area contributed by atoms with Crippen molar-refractivity contribution in [1.29, 1.82) is 5.41 Å². The Hall–Kier alpha value is -4.79. The molecule has 276 valence electrons. The summed E-state index contributed by atoms with van der Waals surface area (Å²) in [5, 5.41) is 45.1. The lowest BCUT2D eigenvalue weighted by molar-refractivity contribution is -0.160. The number of Topliss-reactive ketones (excluding diaryl/α,β-unsaturated/α-hetero) is 2. The summed E-state index contributed by atoms with van der Waals surface area (Å²) in [6.45, 7) is 12.3. The van der Waals surface area contributed by atoms with E-state index in [9.17, 15) is 34.5 Å². The van der Waals surface area contributed by atoms with Crippen LogP contribution in [0.4, 0.5) is 0 Å². The first-order valence-corrected chi connectivity index (χ1v) is 16.6. The number of carbonyl (C=O) groups excluding carboxylic acids is 4. The molecule has 3 aliphatic heterocycles. The molecule has 1 aliphatic carbocycles. The van der Waals surface area contributed by atoms with Crippen molar-refractivity contribution in [2.75, 3.05) is 7.11 Å². The number of nitrogens with two attached hydrogens (primary N) is 1. The Bertz CT molecular complexity index is 1780. The van der Waals surface area contributed by atoms with Crippen molar-refractivity contribution in [3.8, 4) is 11.5 Å². The van der Waals surface area contributed by atoms with Crippen LogP contribution < -0.4 is 15.8 Å². The van der Waals surface area contributed by atoms with E-state index in [0.717, 1.165) is 0 Å². The summed E-state index contributed by atoms with van der Waals surface area (Å²) in [6.07, 6.45) is 3.44. The van der Waals surface area contributed by atoms with Crippen molar-refractivity contribution in [2.45, 2.75) is 85.6 Å². The van der Waals surface area contributed by atoms with Gasteiger partial charge in [0.05, 0.1) is 47.1 Å². The number of aliphatic hydroxyl groups is 2. The molecule has 4 aliphatic rings. The third kappa shape index (κ3) is 7.08. The maximum absolute atomic E-state index is 14.0. The Balaban J connectivity index is 1.86. The minimum absolute atomic E-state index is 0.0260. The fourth-order valence-corrected chi connectivity index (χ4v) is 6.75. The molecule has 0 aromatic heterocycles. The summed E-state index contributed by atoms with van der Waals surface area (Å²) >= 11 is 0. The number of methoxy groups -OCH3 is 1. The number of hydrogen-bond acceptors (Lipinski definition) is 13. The molecule has 14 nitrogen and oxygen atoms in total. The molecule has 5 bridgehead atoms. The van der Waals surface area contributed by atoms with Gasteiger partial charge in [0.2, 0.25) is 5.78 Å². The van der Waals surface area contributed by atoms with Crippen molar-refractivity contribution < 1.29 is 53.4 Å². The van der Waals surface area contributed by atoms with Crippen molar-refractivity contribution in [3.63, 3.8) is 0 Å². The monoisotopic (exact) mass is 709 g/mol. The molecule has 1 aromatic carbocycles. The number of amides is 1. The van der Waals surface area contributed by atoms with Gasteiger partial charge in [-0.25, -0.2) is 0 Å². The number of ketones is 2. The summed E-state index contributed by atoms with van der Waals surface area (Å²) in [5.74, 6) is -8.13. The molecule has 1 aromatic rings. The maximum atomic E-state index is 14.0. The molecule has 1 amide bonds. The zero-order valence-corrected chi connectivity index (χ0v) is 30.2. The van der Waals surface area contributed by atoms with E-state index in [4.69, 9.17) is 30.1 Å². The number of aliphatic hydroxyl groups excluding tert-OH is 2. The van der Waals surface area contributed by atoms with Gasteiger partial charge in [0.15, 0.2) is 0 Å². The number of esters is 1. The van der Waals surface area contributed by atoms with Crippen molar-refractivity contribution in [1.82, 2.24) is 5.32 Å². The Morgan fingerprint density at radius 2 is 1.65 bits per heavy atom. The second-order valence-electron chi connectivity index (χ2n) is 13.6. The number of fused-ring (bicyclic) bond motifs is 14. The molecule has 51 heavy (non-hydrogen) atoms. The number of phenols is 1. The largest absolute Gasteiger partial charge is 0.507 e. The maximum Gasteiger partial charge on any atom is 0.312 e. The summed E-state index contributed by atoms with van der Waals surface area (Å²) in [6, 6.07) is 0. The third-order valence-corrected chi connectivity index (χ3v) is 10.0. The second kappa shape index (κ2) is 14.8. The fourth-order valence-electron chi connectivity index (χ4n) is 6.75. The molecule has 0 saturated heterocycles. The van der Waals surface area contributed by atoms with Gasteiger partial charge in [-0.3, -0.25) is 24.6 Å². The van der Waals surface area contributed by atoms with Crippen molar-refractivity contribution in [2.24, 2.45) is 29.4 Å². The van der Waals surface area contributed by atoms with Gasteiger partial charge >= 0.3 is 11.8 Å². The van der Waals surface area contributed by atoms with E-state index >= 15 is 0 Å². The molecular weight excluding hydrogens is 662 g/mol. The standard InChI is InChI=1S/C37H47N3O11/c1-15-11-10-12-16(2)36(47)40-28-27(39)26(38)23-24(32(28)45)31(44)20(6)34-25(23)35(46)37(8,51-34)49-14-13-22(48-9)17(3)33(50-21(7)41)19(5)30(43)18(4)29(15)42/h10-15,17-19,22,29-30,33,38,42-44H,39H2,1-9H3,(H,40,47)/t15-,17+,18+,19+,22-,29-,30+,33+,37-/m0/s1. The van der Waals surface area contributed by atoms with E-state index in [2.05, 4.69) is 5.32 Å². The lowest BCUT2D eigenvalue weighted by Crippen LogP contribution is -2.46. The quantitative estimate of drug-likeness (QED) is 0.244. The summed E-state index contributed by atoms with van der Waals surface area (Å²) in [4.78, 5) is 53.2. The summed E-state index contributed by atoms with van der Waals surface area (Å²) < 4.78 is 23.2.